The van der Waals surface area contributed by atoms with Crippen LogP contribution in [0.2, 0.25) is 0 Å². The van der Waals surface area contributed by atoms with Gasteiger partial charge in [-0.25, -0.2) is 0 Å². The molecule has 0 rings (SSSR count). The number of hydrogen-bond donors (Lipinski definition) is 0. The number of hydrogen-bond acceptors (Lipinski definition) is 1. The molecule has 0 radical (unpaired) electrons. The summed E-state index contributed by atoms with van der Waals surface area (Å²) in [6.07, 6.45) is 15.4. The Morgan fingerprint density at radius 3 is 2.21 bits per heavy atom. The van der Waals surface area contributed by atoms with Gasteiger partial charge in [0.2, 0.25) is 0 Å². The minimum atomic E-state index is 0.998. The Balaban J connectivity index is 2.98. The topological polar surface area (TPSA) is 12.4 Å². The highest BCUT2D eigenvalue weighted by molar-refractivity contribution is 5.70. The molecule has 1 nitrogen and oxygen atoms in total. The number of nitrogens with zero attached hydrogens (tertiary/aromatic N) is 1. The van der Waals surface area contributed by atoms with E-state index in [1.165, 1.54) is 44.9 Å². The molecule has 0 aliphatic rings. The van der Waals surface area contributed by atoms with Gasteiger partial charge in [0.1, 0.15) is 0 Å². The van der Waals surface area contributed by atoms with Crippen molar-refractivity contribution < 1.29 is 0 Å². The van der Waals surface area contributed by atoms with Crippen molar-refractivity contribution in [2.75, 3.05) is 6.54 Å². The summed E-state index contributed by atoms with van der Waals surface area (Å²) in [7, 11) is 0. The second-order valence-electron chi connectivity index (χ2n) is 3.70. The van der Waals surface area contributed by atoms with Gasteiger partial charge in [-0.15, -0.1) is 0 Å². The summed E-state index contributed by atoms with van der Waals surface area (Å²) < 4.78 is 0. The second-order valence-corrected chi connectivity index (χ2v) is 3.70. The Bertz CT molecular complexity index is 147. The van der Waals surface area contributed by atoms with E-state index in [9.17, 15) is 0 Å². The molecule has 0 aromatic carbocycles. The van der Waals surface area contributed by atoms with Crippen LogP contribution >= 0.6 is 0 Å². The van der Waals surface area contributed by atoms with E-state index < -0.39 is 0 Å². The van der Waals surface area contributed by atoms with Crippen LogP contribution in [0.1, 0.15) is 58.8 Å². The zero-order valence-corrected chi connectivity index (χ0v) is 9.84. The van der Waals surface area contributed by atoms with E-state index in [2.05, 4.69) is 11.9 Å². The first-order valence-electron chi connectivity index (χ1n) is 6.03. The molecule has 0 N–H and O–H groups in total. The van der Waals surface area contributed by atoms with Gasteiger partial charge >= 0.3 is 0 Å². The van der Waals surface area contributed by atoms with Crippen molar-refractivity contribution in [3.05, 3.63) is 12.2 Å². The van der Waals surface area contributed by atoms with Crippen molar-refractivity contribution in [1.82, 2.24) is 0 Å². The van der Waals surface area contributed by atoms with Crippen molar-refractivity contribution in [3.63, 3.8) is 0 Å². The number of aliphatic imine (C=N–C) groups is 1. The summed E-state index contributed by atoms with van der Waals surface area (Å²) in [5, 5.41) is 0. The first-order chi connectivity index (χ1) is 6.91. The van der Waals surface area contributed by atoms with E-state index in [1.54, 1.807) is 0 Å². The second kappa shape index (κ2) is 12.4. The Hall–Kier alpha value is -0.590. The Morgan fingerprint density at radius 1 is 0.929 bits per heavy atom. The van der Waals surface area contributed by atoms with Gasteiger partial charge in [-0.1, -0.05) is 51.5 Å². The van der Waals surface area contributed by atoms with Crippen LogP contribution in [-0.2, 0) is 0 Å². The molecule has 82 valence electrons. The first-order valence-corrected chi connectivity index (χ1v) is 6.03. The average molecular weight is 195 g/mol. The number of unbranched alkanes of at least 4 members (excludes halogenated alkanes) is 6. The zero-order chi connectivity index (χ0) is 10.5. The Kier molecular flexibility index (Phi) is 11.9. The van der Waals surface area contributed by atoms with Gasteiger partial charge in [0, 0.05) is 12.8 Å². The summed E-state index contributed by atoms with van der Waals surface area (Å²) in [5.41, 5.74) is 0. The quantitative estimate of drug-likeness (QED) is 0.382. The molecular weight excluding hydrogens is 170 g/mol. The van der Waals surface area contributed by atoms with Crippen LogP contribution in [0, 0.1) is 0 Å². The molecule has 0 heterocycles. The van der Waals surface area contributed by atoms with Crippen LogP contribution in [-0.4, -0.2) is 12.8 Å². The molecule has 14 heavy (non-hydrogen) atoms. The number of allylic oxidation sites excluding steroid dienone is 2. The molecule has 0 spiro atoms. The summed E-state index contributed by atoms with van der Waals surface area (Å²) in [5.74, 6) is 0. The van der Waals surface area contributed by atoms with E-state index in [0.29, 0.717) is 0 Å². The van der Waals surface area contributed by atoms with E-state index >= 15 is 0 Å². The van der Waals surface area contributed by atoms with Crippen LogP contribution in [0.5, 0.6) is 0 Å². The van der Waals surface area contributed by atoms with Gasteiger partial charge in [0.05, 0.1) is 0 Å². The molecule has 0 atom stereocenters. The SMILES string of the molecule is C/C=C/C=NCCCCCCCCC. The van der Waals surface area contributed by atoms with Crippen molar-refractivity contribution in [3.8, 4) is 0 Å². The summed E-state index contributed by atoms with van der Waals surface area (Å²) >= 11 is 0. The summed E-state index contributed by atoms with van der Waals surface area (Å²) in [6, 6.07) is 0. The van der Waals surface area contributed by atoms with E-state index in [0.717, 1.165) is 6.54 Å². The minimum Gasteiger partial charge on any atom is -0.293 e. The van der Waals surface area contributed by atoms with Crippen molar-refractivity contribution in [1.29, 1.82) is 0 Å². The molecule has 0 bridgehead atoms. The third kappa shape index (κ3) is 11.4. The first kappa shape index (κ1) is 13.4. The molecule has 0 fully saturated rings. The largest absolute Gasteiger partial charge is 0.293 e. The highest BCUT2D eigenvalue weighted by Crippen LogP contribution is 2.06. The Morgan fingerprint density at radius 2 is 1.57 bits per heavy atom. The summed E-state index contributed by atoms with van der Waals surface area (Å²) in [4.78, 5) is 4.28. The van der Waals surface area contributed by atoms with Gasteiger partial charge in [0.25, 0.3) is 0 Å². The van der Waals surface area contributed by atoms with Crippen LogP contribution in [0.3, 0.4) is 0 Å². The lowest BCUT2D eigenvalue weighted by molar-refractivity contribution is 0.593. The fourth-order valence-electron chi connectivity index (χ4n) is 1.38. The van der Waals surface area contributed by atoms with Gasteiger partial charge in [-0.3, -0.25) is 4.99 Å². The fourth-order valence-corrected chi connectivity index (χ4v) is 1.38. The molecule has 0 aliphatic carbocycles. The molecule has 0 aromatic heterocycles. The van der Waals surface area contributed by atoms with Gasteiger partial charge in [-0.05, 0) is 19.4 Å². The lowest BCUT2D eigenvalue weighted by Crippen LogP contribution is -1.83. The van der Waals surface area contributed by atoms with Gasteiger partial charge < -0.3 is 0 Å². The van der Waals surface area contributed by atoms with Gasteiger partial charge in [0.15, 0.2) is 0 Å². The maximum atomic E-state index is 4.28. The molecular formula is C13H25N. The van der Waals surface area contributed by atoms with Crippen LogP contribution in [0.25, 0.3) is 0 Å². The molecule has 0 unspecified atom stereocenters. The predicted octanol–water partition coefficient (Wildman–Crippen LogP) is 4.38. The standard InChI is InChI=1S/C13H25N/c1-3-5-7-8-9-10-11-13-14-12-6-4-2/h4,6,12H,3,5,7-11,13H2,1-2H3/b6-4+,14-12?. The predicted molar refractivity (Wildman–Crippen MR) is 66.2 cm³/mol. The monoisotopic (exact) mass is 195 g/mol. The van der Waals surface area contributed by atoms with E-state index in [-0.39, 0.29) is 0 Å². The fraction of sp³-hybridized carbons (Fsp3) is 0.769. The highest BCUT2D eigenvalue weighted by atomic mass is 14.7. The third-order valence-corrected chi connectivity index (χ3v) is 2.27. The maximum absolute atomic E-state index is 4.28. The third-order valence-electron chi connectivity index (χ3n) is 2.27. The lowest BCUT2D eigenvalue weighted by Gasteiger charge is -1.98. The molecule has 0 aliphatic heterocycles. The van der Waals surface area contributed by atoms with E-state index in [4.69, 9.17) is 0 Å². The highest BCUT2D eigenvalue weighted by Gasteiger charge is 1.88. The smallest absolute Gasteiger partial charge is 0.0389 e. The van der Waals surface area contributed by atoms with Crippen LogP contribution in [0.15, 0.2) is 17.1 Å². The molecule has 0 saturated heterocycles. The van der Waals surface area contributed by atoms with Gasteiger partial charge in [-0.2, -0.15) is 0 Å². The Labute approximate surface area is 89.3 Å². The molecule has 0 amide bonds. The van der Waals surface area contributed by atoms with E-state index in [1.807, 2.05) is 25.3 Å². The van der Waals surface area contributed by atoms with Crippen LogP contribution in [0.4, 0.5) is 0 Å². The lowest BCUT2D eigenvalue weighted by atomic mass is 10.1. The zero-order valence-electron chi connectivity index (χ0n) is 9.84. The minimum absolute atomic E-state index is 0.998. The van der Waals surface area contributed by atoms with Crippen molar-refractivity contribution >= 4 is 6.21 Å². The van der Waals surface area contributed by atoms with Crippen LogP contribution < -0.4 is 0 Å². The van der Waals surface area contributed by atoms with Crippen molar-refractivity contribution in [2.24, 2.45) is 4.99 Å². The molecule has 1 heteroatoms. The van der Waals surface area contributed by atoms with Crippen molar-refractivity contribution in [2.45, 2.75) is 58.8 Å². The molecule has 0 aromatic rings. The normalized spacial score (nSPS) is 11.9. The number of rotatable bonds is 9. The molecule has 0 saturated carbocycles. The average Bonchev–Trinajstić information content (AvgIpc) is 2.21. The maximum Gasteiger partial charge on any atom is 0.0389 e. The summed E-state index contributed by atoms with van der Waals surface area (Å²) in [6.45, 7) is 5.27.